The highest BCUT2D eigenvalue weighted by molar-refractivity contribution is 6.05. The van der Waals surface area contributed by atoms with Gasteiger partial charge >= 0.3 is 5.97 Å². The minimum absolute atomic E-state index is 0.203. The molecule has 1 heterocycles. The van der Waals surface area contributed by atoms with Gasteiger partial charge in [-0.15, -0.1) is 0 Å². The first-order valence-electron chi connectivity index (χ1n) is 7.15. The molecule has 0 aromatic heterocycles. The Labute approximate surface area is 127 Å². The van der Waals surface area contributed by atoms with Crippen molar-refractivity contribution in [2.45, 2.75) is 12.8 Å². The van der Waals surface area contributed by atoms with Gasteiger partial charge in [0.2, 0.25) is 5.91 Å². The molecule has 0 atom stereocenters. The Morgan fingerprint density at radius 1 is 1.09 bits per heavy atom. The second-order valence-corrected chi connectivity index (χ2v) is 5.15. The predicted octanol–water partition coefficient (Wildman–Crippen LogP) is 2.15. The summed E-state index contributed by atoms with van der Waals surface area (Å²) >= 11 is 0. The number of hydrogen-bond donors (Lipinski definition) is 0. The molecule has 22 heavy (non-hydrogen) atoms. The maximum atomic E-state index is 12.2. The van der Waals surface area contributed by atoms with Crippen molar-refractivity contribution in [3.63, 3.8) is 0 Å². The van der Waals surface area contributed by atoms with Crippen molar-refractivity contribution in [2.75, 3.05) is 13.2 Å². The van der Waals surface area contributed by atoms with E-state index in [1.54, 1.807) is 12.1 Å². The van der Waals surface area contributed by atoms with Gasteiger partial charge in [-0.1, -0.05) is 36.4 Å². The summed E-state index contributed by atoms with van der Waals surface area (Å²) in [6.45, 7) is -0.00270. The second-order valence-electron chi connectivity index (χ2n) is 5.15. The monoisotopic (exact) mass is 297 g/mol. The van der Waals surface area contributed by atoms with E-state index < -0.39 is 18.5 Å². The highest BCUT2D eigenvalue weighted by Crippen LogP contribution is 2.19. The average Bonchev–Trinajstić information content (AvgIpc) is 2.98. The van der Waals surface area contributed by atoms with Gasteiger partial charge in [0.15, 0.2) is 6.61 Å². The number of imide groups is 1. The van der Waals surface area contributed by atoms with Crippen LogP contribution in [0.1, 0.15) is 23.2 Å². The highest BCUT2D eigenvalue weighted by atomic mass is 16.5. The number of carbonyl (C=O) groups is 3. The summed E-state index contributed by atoms with van der Waals surface area (Å²) in [5.74, 6) is -1.22. The van der Waals surface area contributed by atoms with E-state index in [2.05, 4.69) is 0 Å². The summed E-state index contributed by atoms with van der Waals surface area (Å²) in [5, 5.41) is 1.71. The van der Waals surface area contributed by atoms with Gasteiger partial charge in [0.05, 0.1) is 5.56 Å². The van der Waals surface area contributed by atoms with Crippen molar-refractivity contribution >= 4 is 28.6 Å². The molecule has 112 valence electrons. The standard InChI is InChI=1S/C17H15NO4/c19-15-9-4-10-18(15)16(20)11-22-17(21)14-8-3-6-12-5-1-2-7-13(12)14/h1-3,5-8H,4,9-11H2. The molecule has 1 aliphatic heterocycles. The molecule has 0 spiro atoms. The van der Waals surface area contributed by atoms with Gasteiger partial charge in [-0.2, -0.15) is 0 Å². The zero-order valence-electron chi connectivity index (χ0n) is 12.0. The van der Waals surface area contributed by atoms with Gasteiger partial charge in [0, 0.05) is 13.0 Å². The van der Waals surface area contributed by atoms with Crippen LogP contribution in [0, 0.1) is 0 Å². The molecule has 0 saturated carbocycles. The molecular formula is C17H15NO4. The molecule has 0 radical (unpaired) electrons. The van der Waals surface area contributed by atoms with Gasteiger partial charge in [0.1, 0.15) is 0 Å². The average molecular weight is 297 g/mol. The maximum absolute atomic E-state index is 12.2. The molecule has 0 aliphatic carbocycles. The molecule has 0 unspecified atom stereocenters. The van der Waals surface area contributed by atoms with Gasteiger partial charge in [-0.05, 0) is 23.3 Å². The van der Waals surface area contributed by atoms with E-state index in [4.69, 9.17) is 4.74 Å². The van der Waals surface area contributed by atoms with Crippen LogP contribution in [-0.2, 0) is 14.3 Å². The summed E-state index contributed by atoms with van der Waals surface area (Å²) in [7, 11) is 0. The van der Waals surface area contributed by atoms with Crippen LogP contribution >= 0.6 is 0 Å². The number of carbonyl (C=O) groups excluding carboxylic acids is 3. The van der Waals surface area contributed by atoms with E-state index in [9.17, 15) is 14.4 Å². The number of esters is 1. The van der Waals surface area contributed by atoms with Crippen molar-refractivity contribution in [1.82, 2.24) is 4.90 Å². The first-order chi connectivity index (χ1) is 10.7. The summed E-state index contributed by atoms with van der Waals surface area (Å²) in [6.07, 6.45) is 1.05. The molecule has 0 N–H and O–H groups in total. The third kappa shape index (κ3) is 2.70. The third-order valence-electron chi connectivity index (χ3n) is 3.71. The van der Waals surface area contributed by atoms with E-state index in [1.165, 1.54) is 0 Å². The lowest BCUT2D eigenvalue weighted by atomic mass is 10.1. The second kappa shape index (κ2) is 5.97. The lowest BCUT2D eigenvalue weighted by molar-refractivity contribution is -0.143. The molecule has 3 rings (SSSR count). The molecule has 5 nitrogen and oxygen atoms in total. The number of likely N-dealkylation sites (tertiary alicyclic amines) is 1. The highest BCUT2D eigenvalue weighted by Gasteiger charge is 2.27. The van der Waals surface area contributed by atoms with Crippen molar-refractivity contribution in [3.8, 4) is 0 Å². The van der Waals surface area contributed by atoms with Crippen LogP contribution in [-0.4, -0.2) is 35.8 Å². The molecular weight excluding hydrogens is 282 g/mol. The molecule has 0 bridgehead atoms. The zero-order chi connectivity index (χ0) is 15.5. The fraction of sp³-hybridized carbons (Fsp3) is 0.235. The van der Waals surface area contributed by atoms with Gasteiger partial charge < -0.3 is 4.74 Å². The van der Waals surface area contributed by atoms with Crippen LogP contribution in [0.25, 0.3) is 10.8 Å². The Morgan fingerprint density at radius 2 is 1.86 bits per heavy atom. The first-order valence-corrected chi connectivity index (χ1v) is 7.15. The van der Waals surface area contributed by atoms with Gasteiger partial charge in [0.25, 0.3) is 5.91 Å². The number of amides is 2. The Morgan fingerprint density at radius 3 is 2.64 bits per heavy atom. The van der Waals surface area contributed by atoms with Gasteiger partial charge in [-0.3, -0.25) is 14.5 Å². The van der Waals surface area contributed by atoms with Crippen LogP contribution < -0.4 is 0 Å². The minimum atomic E-state index is -0.559. The van der Waals surface area contributed by atoms with E-state index in [1.807, 2.05) is 30.3 Å². The van der Waals surface area contributed by atoms with Crippen LogP contribution in [0.4, 0.5) is 0 Å². The van der Waals surface area contributed by atoms with E-state index in [-0.39, 0.29) is 5.91 Å². The van der Waals surface area contributed by atoms with Crippen LogP contribution in [0.2, 0.25) is 0 Å². The summed E-state index contributed by atoms with van der Waals surface area (Å²) in [6, 6.07) is 12.8. The Balaban J connectivity index is 1.71. The number of hydrogen-bond acceptors (Lipinski definition) is 4. The summed E-state index contributed by atoms with van der Waals surface area (Å²) < 4.78 is 5.08. The van der Waals surface area contributed by atoms with Crippen LogP contribution in [0.5, 0.6) is 0 Å². The van der Waals surface area contributed by atoms with Crippen molar-refractivity contribution in [1.29, 1.82) is 0 Å². The van der Waals surface area contributed by atoms with Crippen LogP contribution in [0.15, 0.2) is 42.5 Å². The number of rotatable bonds is 3. The Hall–Kier alpha value is -2.69. The molecule has 2 amide bonds. The SMILES string of the molecule is O=C(OCC(=O)N1CCCC1=O)c1cccc2ccccc12. The molecule has 5 heteroatoms. The third-order valence-corrected chi connectivity index (χ3v) is 3.71. The largest absolute Gasteiger partial charge is 0.452 e. The number of ether oxygens (including phenoxy) is 1. The smallest absolute Gasteiger partial charge is 0.339 e. The number of fused-ring (bicyclic) bond motifs is 1. The van der Waals surface area contributed by atoms with Gasteiger partial charge in [-0.25, -0.2) is 4.79 Å². The topological polar surface area (TPSA) is 63.7 Å². The molecule has 1 aliphatic rings. The van der Waals surface area contributed by atoms with Crippen molar-refractivity contribution in [2.24, 2.45) is 0 Å². The number of nitrogens with zero attached hydrogens (tertiary/aromatic N) is 1. The fourth-order valence-electron chi connectivity index (χ4n) is 2.60. The summed E-state index contributed by atoms with van der Waals surface area (Å²) in [4.78, 5) is 36.7. The predicted molar refractivity (Wildman–Crippen MR) is 80.2 cm³/mol. The normalized spacial score (nSPS) is 14.4. The van der Waals surface area contributed by atoms with Crippen molar-refractivity contribution in [3.05, 3.63) is 48.0 Å². The maximum Gasteiger partial charge on any atom is 0.339 e. The Kier molecular flexibility index (Phi) is 3.87. The molecule has 1 saturated heterocycles. The van der Waals surface area contributed by atoms with E-state index in [0.717, 1.165) is 15.7 Å². The fourth-order valence-corrected chi connectivity index (χ4v) is 2.60. The lowest BCUT2D eigenvalue weighted by Gasteiger charge is -2.13. The van der Waals surface area contributed by atoms with Crippen LogP contribution in [0.3, 0.4) is 0 Å². The zero-order valence-corrected chi connectivity index (χ0v) is 12.0. The Bertz CT molecular complexity index is 748. The first kappa shape index (κ1) is 14.3. The lowest BCUT2D eigenvalue weighted by Crippen LogP contribution is -2.35. The van der Waals surface area contributed by atoms with E-state index >= 15 is 0 Å². The quantitative estimate of drug-likeness (QED) is 0.814. The summed E-state index contributed by atoms with van der Waals surface area (Å²) in [5.41, 5.74) is 0.415. The molecule has 2 aromatic carbocycles. The van der Waals surface area contributed by atoms with Crippen molar-refractivity contribution < 1.29 is 19.1 Å². The van der Waals surface area contributed by atoms with E-state index in [0.29, 0.717) is 24.9 Å². The number of benzene rings is 2. The molecule has 2 aromatic rings. The minimum Gasteiger partial charge on any atom is -0.452 e. The molecule has 1 fully saturated rings.